The summed E-state index contributed by atoms with van der Waals surface area (Å²) in [6.07, 6.45) is 0. The second-order valence-electron chi connectivity index (χ2n) is 8.26. The number of H-pyrrole nitrogens is 1. The Morgan fingerprint density at radius 1 is 1.06 bits per heavy atom. The number of fused-ring (bicyclic) bond motifs is 1. The van der Waals surface area contributed by atoms with E-state index in [2.05, 4.69) is 35.3 Å². The average Bonchev–Trinajstić information content (AvgIpc) is 3.31. The third kappa shape index (κ3) is 4.18. The number of nitrogens with one attached hydrogen (secondary N) is 1. The number of ether oxygens (including phenoxy) is 3. The lowest BCUT2D eigenvalue weighted by atomic mass is 9.83. The summed E-state index contributed by atoms with van der Waals surface area (Å²) in [7, 11) is 1.62. The van der Waals surface area contributed by atoms with Gasteiger partial charge < -0.3 is 19.9 Å². The van der Waals surface area contributed by atoms with E-state index in [1.165, 1.54) is 5.56 Å². The number of benzene rings is 3. The maximum absolute atomic E-state index is 9.95. The van der Waals surface area contributed by atoms with E-state index in [1.54, 1.807) is 7.11 Å². The van der Waals surface area contributed by atoms with Gasteiger partial charge in [-0.1, -0.05) is 48.5 Å². The van der Waals surface area contributed by atoms with Crippen molar-refractivity contribution in [3.8, 4) is 34.7 Å². The van der Waals surface area contributed by atoms with Crippen molar-refractivity contribution in [2.45, 2.75) is 19.4 Å². The van der Waals surface area contributed by atoms with Crippen LogP contribution in [0.4, 0.5) is 0 Å². The van der Waals surface area contributed by atoms with Crippen LogP contribution >= 0.6 is 0 Å². The van der Waals surface area contributed by atoms with Gasteiger partial charge in [-0.3, -0.25) is 5.10 Å². The Balaban J connectivity index is 1.50. The molecule has 0 saturated carbocycles. The Bertz CT molecular complexity index is 1450. The van der Waals surface area contributed by atoms with Crippen LogP contribution in [0.25, 0.3) is 11.3 Å². The van der Waals surface area contributed by atoms with Crippen molar-refractivity contribution in [1.82, 2.24) is 10.2 Å². The van der Waals surface area contributed by atoms with Crippen LogP contribution in [-0.4, -0.2) is 17.3 Å². The second kappa shape index (κ2) is 9.27. The summed E-state index contributed by atoms with van der Waals surface area (Å²) in [6, 6.07) is 25.7. The third-order valence-corrected chi connectivity index (χ3v) is 6.17. The number of aromatic nitrogens is 2. The van der Waals surface area contributed by atoms with Crippen molar-refractivity contribution < 1.29 is 14.2 Å². The van der Waals surface area contributed by atoms with Gasteiger partial charge in [-0.2, -0.15) is 5.26 Å². The summed E-state index contributed by atoms with van der Waals surface area (Å²) in [5, 5.41) is 17.3. The highest BCUT2D eigenvalue weighted by atomic mass is 16.5. The van der Waals surface area contributed by atoms with Crippen molar-refractivity contribution in [3.63, 3.8) is 0 Å². The molecule has 174 valence electrons. The Labute approximate surface area is 203 Å². The number of hydrogen-bond donors (Lipinski definition) is 2. The number of nitrogens with two attached hydrogens (primary N) is 1. The molecule has 7 heteroatoms. The first-order chi connectivity index (χ1) is 17.1. The van der Waals surface area contributed by atoms with Gasteiger partial charge in [0.15, 0.2) is 0 Å². The second-order valence-corrected chi connectivity index (χ2v) is 8.26. The Kier molecular flexibility index (Phi) is 5.86. The van der Waals surface area contributed by atoms with E-state index in [1.807, 2.05) is 60.7 Å². The normalized spacial score (nSPS) is 14.6. The summed E-state index contributed by atoms with van der Waals surface area (Å²) < 4.78 is 17.1. The molecule has 2 heterocycles. The van der Waals surface area contributed by atoms with Gasteiger partial charge in [-0.25, -0.2) is 0 Å². The molecule has 3 N–H and O–H groups in total. The van der Waals surface area contributed by atoms with E-state index in [9.17, 15) is 5.26 Å². The highest BCUT2D eigenvalue weighted by molar-refractivity contribution is 5.71. The number of allylic oxidation sites excluding steroid dienone is 1. The monoisotopic (exact) mass is 464 g/mol. The van der Waals surface area contributed by atoms with Gasteiger partial charge in [0.1, 0.15) is 29.7 Å². The average molecular weight is 465 g/mol. The molecule has 1 unspecified atom stereocenters. The molecule has 0 aliphatic carbocycles. The van der Waals surface area contributed by atoms with Crippen molar-refractivity contribution in [2.24, 2.45) is 5.73 Å². The molecule has 1 aliphatic rings. The first-order valence-corrected chi connectivity index (χ1v) is 11.2. The molecule has 0 bridgehead atoms. The minimum Gasteiger partial charge on any atom is -0.497 e. The van der Waals surface area contributed by atoms with Crippen LogP contribution in [-0.2, 0) is 6.61 Å². The van der Waals surface area contributed by atoms with Crippen LogP contribution in [0.15, 0.2) is 84.3 Å². The van der Waals surface area contributed by atoms with Crippen LogP contribution in [0, 0.1) is 18.3 Å². The van der Waals surface area contributed by atoms with Crippen molar-refractivity contribution in [3.05, 3.63) is 107 Å². The minimum absolute atomic E-state index is 0.0496. The van der Waals surface area contributed by atoms with Crippen LogP contribution in [0.1, 0.15) is 28.2 Å². The van der Waals surface area contributed by atoms with E-state index in [4.69, 9.17) is 19.9 Å². The minimum atomic E-state index is -0.450. The topological polar surface area (TPSA) is 106 Å². The fraction of sp³-hybridized carbons (Fsp3) is 0.143. The predicted octanol–water partition coefficient (Wildman–Crippen LogP) is 5.19. The zero-order chi connectivity index (χ0) is 24.4. The van der Waals surface area contributed by atoms with Crippen molar-refractivity contribution in [2.75, 3.05) is 7.11 Å². The zero-order valence-electron chi connectivity index (χ0n) is 19.4. The predicted molar refractivity (Wildman–Crippen MR) is 132 cm³/mol. The molecular formula is C28H24N4O3. The number of nitrogens with zero attached hydrogens (tertiary/aromatic N) is 2. The highest BCUT2D eigenvalue weighted by Crippen LogP contribution is 2.46. The quantitative estimate of drug-likeness (QED) is 0.407. The molecule has 0 amide bonds. The molecule has 5 rings (SSSR count). The lowest BCUT2D eigenvalue weighted by Gasteiger charge is -2.24. The van der Waals surface area contributed by atoms with E-state index >= 15 is 0 Å². The van der Waals surface area contributed by atoms with Gasteiger partial charge in [0, 0.05) is 5.56 Å². The fourth-order valence-electron chi connectivity index (χ4n) is 4.27. The Morgan fingerprint density at radius 3 is 2.60 bits per heavy atom. The summed E-state index contributed by atoms with van der Waals surface area (Å²) in [4.78, 5) is 0. The van der Waals surface area contributed by atoms with Crippen molar-refractivity contribution >= 4 is 0 Å². The standard InChI is InChI=1S/C28H24N4O3/c1-17-6-3-4-7-20(17)16-34-21-12-10-18(11-13-21)24-23(15-29)27(30)35-28-25(24)26(31-32-28)19-8-5-9-22(14-19)33-2/h3-14,24H,16,30H2,1-2H3,(H,31,32). The summed E-state index contributed by atoms with van der Waals surface area (Å²) in [5.41, 5.74) is 12.0. The van der Waals surface area contributed by atoms with Crippen molar-refractivity contribution in [1.29, 1.82) is 5.26 Å². The van der Waals surface area contributed by atoms with Crippen LogP contribution in [0.5, 0.6) is 17.4 Å². The van der Waals surface area contributed by atoms with Gasteiger partial charge in [-0.15, -0.1) is 5.10 Å². The van der Waals surface area contributed by atoms with Gasteiger partial charge in [0.2, 0.25) is 11.8 Å². The molecule has 1 aliphatic heterocycles. The SMILES string of the molecule is COc1cccc(-c2[nH]nc3c2C(c2ccc(OCc4ccccc4C)cc2)C(C#N)=C(N)O3)c1. The van der Waals surface area contributed by atoms with E-state index < -0.39 is 5.92 Å². The largest absolute Gasteiger partial charge is 0.497 e. The van der Waals surface area contributed by atoms with E-state index in [0.717, 1.165) is 33.7 Å². The number of rotatable bonds is 6. The Morgan fingerprint density at radius 2 is 1.86 bits per heavy atom. The van der Waals surface area contributed by atoms with Crippen LogP contribution in [0.2, 0.25) is 0 Å². The molecule has 1 atom stereocenters. The van der Waals surface area contributed by atoms with E-state index in [0.29, 0.717) is 23.8 Å². The number of methoxy groups -OCH3 is 1. The van der Waals surface area contributed by atoms with Gasteiger partial charge in [0.25, 0.3) is 0 Å². The summed E-state index contributed by atoms with van der Waals surface area (Å²) in [5.74, 6) is 1.40. The van der Waals surface area contributed by atoms with Gasteiger partial charge in [-0.05, 0) is 47.9 Å². The summed E-state index contributed by atoms with van der Waals surface area (Å²) >= 11 is 0. The lowest BCUT2D eigenvalue weighted by Crippen LogP contribution is -2.21. The van der Waals surface area contributed by atoms with Crippen LogP contribution < -0.4 is 19.9 Å². The third-order valence-electron chi connectivity index (χ3n) is 6.17. The maximum atomic E-state index is 9.95. The van der Waals surface area contributed by atoms with Gasteiger partial charge in [0.05, 0.1) is 24.3 Å². The molecule has 0 spiro atoms. The molecule has 0 radical (unpaired) electrons. The zero-order valence-corrected chi connectivity index (χ0v) is 19.4. The molecule has 4 aromatic rings. The smallest absolute Gasteiger partial charge is 0.244 e. The summed E-state index contributed by atoms with van der Waals surface area (Å²) in [6.45, 7) is 2.54. The molecule has 35 heavy (non-hydrogen) atoms. The number of aromatic amines is 1. The first kappa shape index (κ1) is 22.1. The number of hydrogen-bond acceptors (Lipinski definition) is 6. The number of nitriles is 1. The molecule has 0 saturated heterocycles. The highest BCUT2D eigenvalue weighted by Gasteiger charge is 2.35. The van der Waals surface area contributed by atoms with E-state index in [-0.39, 0.29) is 5.88 Å². The maximum Gasteiger partial charge on any atom is 0.244 e. The molecule has 1 aromatic heterocycles. The molecular weight excluding hydrogens is 440 g/mol. The molecule has 7 nitrogen and oxygen atoms in total. The Hall–Kier alpha value is -4.70. The number of aryl methyl sites for hydroxylation is 1. The van der Waals surface area contributed by atoms with Crippen LogP contribution in [0.3, 0.4) is 0 Å². The molecule has 0 fully saturated rings. The van der Waals surface area contributed by atoms with Gasteiger partial charge >= 0.3 is 0 Å². The fourth-order valence-corrected chi connectivity index (χ4v) is 4.27. The lowest BCUT2D eigenvalue weighted by molar-refractivity contribution is 0.305. The first-order valence-electron chi connectivity index (χ1n) is 11.2. The molecule has 3 aromatic carbocycles.